The molecular weight excluding hydrogens is 244 g/mol. The third-order valence-electron chi connectivity index (χ3n) is 2.96. The van der Waals surface area contributed by atoms with Gasteiger partial charge in [0.2, 0.25) is 0 Å². The molecule has 0 radical (unpaired) electrons. The van der Waals surface area contributed by atoms with Crippen LogP contribution in [0.15, 0.2) is 42.9 Å². The van der Waals surface area contributed by atoms with E-state index in [2.05, 4.69) is 9.97 Å². The van der Waals surface area contributed by atoms with Crippen molar-refractivity contribution in [2.75, 3.05) is 0 Å². The lowest BCUT2D eigenvalue weighted by Crippen LogP contribution is -1.99. The lowest BCUT2D eigenvalue weighted by molar-refractivity contribution is -0.385. The van der Waals surface area contributed by atoms with Gasteiger partial charge in [0.05, 0.1) is 22.0 Å². The summed E-state index contributed by atoms with van der Waals surface area (Å²) in [7, 11) is 0. The van der Waals surface area contributed by atoms with Gasteiger partial charge in [0.15, 0.2) is 0 Å². The van der Waals surface area contributed by atoms with Gasteiger partial charge in [-0.1, -0.05) is 12.1 Å². The predicted octanol–water partition coefficient (Wildman–Crippen LogP) is 2.64. The minimum absolute atomic E-state index is 0.0581. The van der Waals surface area contributed by atoms with Crippen LogP contribution in [0.4, 0.5) is 5.69 Å². The van der Waals surface area contributed by atoms with Crippen molar-refractivity contribution in [1.29, 1.82) is 0 Å². The standard InChI is InChI=1S/C13H10N4O2/c1-9-7-14-13(6-12(9)17(18)19)16-8-15-10-4-2-3-5-11(10)16/h2-8H,1H3. The lowest BCUT2D eigenvalue weighted by atomic mass is 10.2. The molecular formula is C13H10N4O2. The Bertz CT molecular complexity index is 779. The summed E-state index contributed by atoms with van der Waals surface area (Å²) < 4.78 is 1.74. The maximum Gasteiger partial charge on any atom is 0.277 e. The Balaban J connectivity index is 2.22. The Hall–Kier alpha value is -2.76. The molecule has 0 fully saturated rings. The number of rotatable bonds is 2. The second-order valence-electron chi connectivity index (χ2n) is 4.19. The van der Waals surface area contributed by atoms with E-state index in [1.165, 1.54) is 12.3 Å². The molecule has 0 N–H and O–H groups in total. The largest absolute Gasteiger partial charge is 0.283 e. The number of aryl methyl sites for hydroxylation is 1. The fraction of sp³-hybridized carbons (Fsp3) is 0.0769. The summed E-state index contributed by atoms with van der Waals surface area (Å²) in [6.45, 7) is 1.67. The van der Waals surface area contributed by atoms with Crippen molar-refractivity contribution < 1.29 is 4.92 Å². The van der Waals surface area contributed by atoms with Crippen LogP contribution in [0, 0.1) is 17.0 Å². The van der Waals surface area contributed by atoms with E-state index in [-0.39, 0.29) is 5.69 Å². The molecule has 3 rings (SSSR count). The van der Waals surface area contributed by atoms with Crippen molar-refractivity contribution in [2.45, 2.75) is 6.92 Å². The van der Waals surface area contributed by atoms with Crippen molar-refractivity contribution in [3.05, 3.63) is 58.5 Å². The zero-order valence-corrected chi connectivity index (χ0v) is 10.1. The zero-order valence-electron chi connectivity index (χ0n) is 10.1. The van der Waals surface area contributed by atoms with Crippen LogP contribution in [0.3, 0.4) is 0 Å². The van der Waals surface area contributed by atoms with Crippen molar-refractivity contribution in [3.63, 3.8) is 0 Å². The van der Waals surface area contributed by atoms with Crippen molar-refractivity contribution >= 4 is 16.7 Å². The van der Waals surface area contributed by atoms with E-state index in [0.717, 1.165) is 11.0 Å². The van der Waals surface area contributed by atoms with Gasteiger partial charge in [-0.2, -0.15) is 0 Å². The van der Waals surface area contributed by atoms with Crippen LogP contribution in [-0.2, 0) is 0 Å². The van der Waals surface area contributed by atoms with Gasteiger partial charge < -0.3 is 0 Å². The maximum absolute atomic E-state index is 11.0. The highest BCUT2D eigenvalue weighted by atomic mass is 16.6. The summed E-state index contributed by atoms with van der Waals surface area (Å²) in [4.78, 5) is 19.0. The first-order chi connectivity index (χ1) is 9.16. The molecule has 6 nitrogen and oxygen atoms in total. The molecule has 0 aliphatic rings. The smallest absolute Gasteiger partial charge is 0.277 e. The van der Waals surface area contributed by atoms with E-state index in [4.69, 9.17) is 0 Å². The van der Waals surface area contributed by atoms with E-state index in [0.29, 0.717) is 11.4 Å². The normalized spacial score (nSPS) is 10.8. The summed E-state index contributed by atoms with van der Waals surface area (Å²) in [6.07, 6.45) is 3.12. The van der Waals surface area contributed by atoms with Crippen LogP contribution in [-0.4, -0.2) is 19.5 Å². The summed E-state index contributed by atoms with van der Waals surface area (Å²) in [5, 5.41) is 11.0. The number of nitrogens with zero attached hydrogens (tertiary/aromatic N) is 4. The number of hydrogen-bond donors (Lipinski definition) is 0. The highest BCUT2D eigenvalue weighted by Crippen LogP contribution is 2.22. The summed E-state index contributed by atoms with van der Waals surface area (Å²) in [6, 6.07) is 9.03. The SMILES string of the molecule is Cc1cnc(-n2cnc3ccccc32)cc1[N+](=O)[O-]. The van der Waals surface area contributed by atoms with Gasteiger partial charge in [-0.25, -0.2) is 9.97 Å². The number of benzene rings is 1. The molecule has 0 aliphatic carbocycles. The average molecular weight is 254 g/mol. The first-order valence-corrected chi connectivity index (χ1v) is 5.70. The topological polar surface area (TPSA) is 73.8 Å². The number of aromatic nitrogens is 3. The Morgan fingerprint density at radius 3 is 2.84 bits per heavy atom. The van der Waals surface area contributed by atoms with Gasteiger partial charge in [0.25, 0.3) is 5.69 Å². The fourth-order valence-corrected chi connectivity index (χ4v) is 1.97. The first kappa shape index (κ1) is 11.3. The molecule has 0 aliphatic heterocycles. The van der Waals surface area contributed by atoms with E-state index in [9.17, 15) is 10.1 Å². The Morgan fingerprint density at radius 1 is 1.26 bits per heavy atom. The highest BCUT2D eigenvalue weighted by Gasteiger charge is 2.14. The van der Waals surface area contributed by atoms with Gasteiger partial charge in [0, 0.05) is 11.8 Å². The molecule has 2 heterocycles. The van der Waals surface area contributed by atoms with Gasteiger partial charge in [-0.15, -0.1) is 0 Å². The number of nitro groups is 1. The number of fused-ring (bicyclic) bond motifs is 1. The quantitative estimate of drug-likeness (QED) is 0.520. The molecule has 0 amide bonds. The fourth-order valence-electron chi connectivity index (χ4n) is 1.97. The molecule has 0 unspecified atom stereocenters. The van der Waals surface area contributed by atoms with Crippen LogP contribution in [0.5, 0.6) is 0 Å². The second kappa shape index (κ2) is 4.16. The number of pyridine rings is 1. The minimum atomic E-state index is -0.403. The maximum atomic E-state index is 11.0. The van der Waals surface area contributed by atoms with Crippen LogP contribution >= 0.6 is 0 Å². The van der Waals surface area contributed by atoms with E-state index in [1.807, 2.05) is 24.3 Å². The molecule has 0 saturated heterocycles. The summed E-state index contributed by atoms with van der Waals surface area (Å²) >= 11 is 0. The molecule has 0 spiro atoms. The monoisotopic (exact) mass is 254 g/mol. The number of imidazole rings is 1. The Morgan fingerprint density at radius 2 is 2.05 bits per heavy atom. The summed E-state index contributed by atoms with van der Waals surface area (Å²) in [5.41, 5.74) is 2.29. The van der Waals surface area contributed by atoms with Crippen LogP contribution in [0.1, 0.15) is 5.56 Å². The lowest BCUT2D eigenvalue weighted by Gasteiger charge is -2.04. The van der Waals surface area contributed by atoms with Gasteiger partial charge in [-0.05, 0) is 19.1 Å². The molecule has 1 aromatic carbocycles. The van der Waals surface area contributed by atoms with Crippen molar-refractivity contribution in [1.82, 2.24) is 14.5 Å². The molecule has 6 heteroatoms. The molecule has 0 saturated carbocycles. The zero-order chi connectivity index (χ0) is 13.4. The molecule has 2 aromatic heterocycles. The Labute approximate surface area is 108 Å². The molecule has 94 valence electrons. The van der Waals surface area contributed by atoms with Crippen LogP contribution in [0.25, 0.3) is 16.9 Å². The van der Waals surface area contributed by atoms with Gasteiger partial charge >= 0.3 is 0 Å². The molecule has 19 heavy (non-hydrogen) atoms. The third kappa shape index (κ3) is 1.83. The predicted molar refractivity (Wildman–Crippen MR) is 70.3 cm³/mol. The number of hydrogen-bond acceptors (Lipinski definition) is 4. The first-order valence-electron chi connectivity index (χ1n) is 5.70. The average Bonchev–Trinajstić information content (AvgIpc) is 2.83. The van der Waals surface area contributed by atoms with E-state index in [1.54, 1.807) is 17.8 Å². The molecule has 0 atom stereocenters. The minimum Gasteiger partial charge on any atom is -0.283 e. The van der Waals surface area contributed by atoms with Gasteiger partial charge in [0.1, 0.15) is 12.1 Å². The van der Waals surface area contributed by atoms with E-state index >= 15 is 0 Å². The van der Waals surface area contributed by atoms with Gasteiger partial charge in [-0.3, -0.25) is 14.7 Å². The van der Waals surface area contributed by atoms with Crippen molar-refractivity contribution in [3.8, 4) is 5.82 Å². The van der Waals surface area contributed by atoms with Crippen LogP contribution in [0.2, 0.25) is 0 Å². The number of para-hydroxylation sites is 2. The van der Waals surface area contributed by atoms with Crippen LogP contribution < -0.4 is 0 Å². The molecule has 0 bridgehead atoms. The molecule has 3 aromatic rings. The Kier molecular flexibility index (Phi) is 2.49. The third-order valence-corrected chi connectivity index (χ3v) is 2.96. The van der Waals surface area contributed by atoms with Crippen molar-refractivity contribution in [2.24, 2.45) is 0 Å². The van der Waals surface area contributed by atoms with E-state index < -0.39 is 4.92 Å². The second-order valence-corrected chi connectivity index (χ2v) is 4.19. The summed E-state index contributed by atoms with van der Waals surface area (Å²) in [5.74, 6) is 0.492. The highest BCUT2D eigenvalue weighted by molar-refractivity contribution is 5.76.